The van der Waals surface area contributed by atoms with Crippen LogP contribution in [0.4, 0.5) is 0 Å². The molecule has 2 heterocycles. The molecule has 23 heavy (non-hydrogen) atoms. The second-order valence-electron chi connectivity index (χ2n) is 5.52. The predicted molar refractivity (Wildman–Crippen MR) is 91.3 cm³/mol. The van der Waals surface area contributed by atoms with Crippen molar-refractivity contribution < 1.29 is 4.74 Å². The summed E-state index contributed by atoms with van der Waals surface area (Å²) in [5.74, 6) is 0. The number of aromatic nitrogens is 3. The van der Waals surface area contributed by atoms with Gasteiger partial charge in [0.15, 0.2) is 5.65 Å². The summed E-state index contributed by atoms with van der Waals surface area (Å²) >= 11 is 0. The van der Waals surface area contributed by atoms with Crippen LogP contribution in [0.25, 0.3) is 16.8 Å². The zero-order chi connectivity index (χ0) is 16.1. The molecule has 3 rings (SSSR count). The van der Waals surface area contributed by atoms with E-state index in [2.05, 4.69) is 40.2 Å². The number of hydrogen-bond donors (Lipinski definition) is 0. The second kappa shape index (κ2) is 7.35. The van der Waals surface area contributed by atoms with Gasteiger partial charge < -0.3 is 4.74 Å². The normalized spacial score (nSPS) is 11.4. The molecule has 5 nitrogen and oxygen atoms in total. The highest BCUT2D eigenvalue weighted by atomic mass is 16.5. The predicted octanol–water partition coefficient (Wildman–Crippen LogP) is 2.86. The molecule has 0 bridgehead atoms. The van der Waals surface area contributed by atoms with Crippen LogP contribution in [0, 0.1) is 0 Å². The van der Waals surface area contributed by atoms with Crippen LogP contribution in [0.15, 0.2) is 48.9 Å². The number of methoxy groups -OCH3 is 1. The highest BCUT2D eigenvalue weighted by molar-refractivity contribution is 5.76. The van der Waals surface area contributed by atoms with Crippen LogP contribution in [-0.2, 0) is 11.3 Å². The van der Waals surface area contributed by atoms with Gasteiger partial charge in [0, 0.05) is 43.7 Å². The molecule has 1 aromatic carbocycles. The molecular weight excluding hydrogens is 288 g/mol. The van der Waals surface area contributed by atoms with E-state index in [-0.39, 0.29) is 0 Å². The molecule has 5 heteroatoms. The summed E-state index contributed by atoms with van der Waals surface area (Å²) in [7, 11) is 1.73. The van der Waals surface area contributed by atoms with E-state index in [0.29, 0.717) is 0 Å². The van der Waals surface area contributed by atoms with Gasteiger partial charge in [-0.1, -0.05) is 37.3 Å². The van der Waals surface area contributed by atoms with Crippen LogP contribution in [-0.4, -0.2) is 46.3 Å². The van der Waals surface area contributed by atoms with Gasteiger partial charge in [-0.25, -0.2) is 9.50 Å². The topological polar surface area (TPSA) is 42.7 Å². The lowest BCUT2D eigenvalue weighted by atomic mass is 10.1. The Hall–Kier alpha value is -2.24. The molecule has 0 saturated heterocycles. The summed E-state index contributed by atoms with van der Waals surface area (Å²) < 4.78 is 7.02. The third kappa shape index (κ3) is 3.57. The summed E-state index contributed by atoms with van der Waals surface area (Å²) in [6.45, 7) is 5.64. The van der Waals surface area contributed by atoms with E-state index in [1.807, 2.05) is 35.1 Å². The third-order valence-corrected chi connectivity index (χ3v) is 3.96. The number of hydrogen-bond acceptors (Lipinski definition) is 4. The number of nitrogens with zero attached hydrogens (tertiary/aromatic N) is 4. The Morgan fingerprint density at radius 1 is 1.17 bits per heavy atom. The Bertz CT molecular complexity index is 754. The lowest BCUT2D eigenvalue weighted by Crippen LogP contribution is -2.26. The van der Waals surface area contributed by atoms with Crippen LogP contribution in [0.1, 0.15) is 12.5 Å². The van der Waals surface area contributed by atoms with Crippen molar-refractivity contribution in [3.05, 3.63) is 54.5 Å². The Balaban J connectivity index is 1.83. The van der Waals surface area contributed by atoms with Gasteiger partial charge in [0.1, 0.15) is 0 Å². The number of benzene rings is 1. The zero-order valence-corrected chi connectivity index (χ0v) is 13.6. The van der Waals surface area contributed by atoms with Gasteiger partial charge in [-0.05, 0) is 12.1 Å². The third-order valence-electron chi connectivity index (χ3n) is 3.96. The van der Waals surface area contributed by atoms with Crippen LogP contribution < -0.4 is 0 Å². The first kappa shape index (κ1) is 15.6. The van der Waals surface area contributed by atoms with Crippen LogP contribution >= 0.6 is 0 Å². The average Bonchev–Trinajstić information content (AvgIpc) is 3.02. The van der Waals surface area contributed by atoms with Gasteiger partial charge in [0.2, 0.25) is 0 Å². The van der Waals surface area contributed by atoms with E-state index in [9.17, 15) is 0 Å². The molecule has 0 spiro atoms. The summed E-state index contributed by atoms with van der Waals surface area (Å²) in [6.07, 6.45) is 5.88. The molecule has 2 aromatic heterocycles. The van der Waals surface area contributed by atoms with Gasteiger partial charge in [0.25, 0.3) is 0 Å². The Morgan fingerprint density at radius 3 is 2.74 bits per heavy atom. The van der Waals surface area contributed by atoms with Gasteiger partial charge >= 0.3 is 0 Å². The molecule has 120 valence electrons. The molecular formula is C18H22N4O. The summed E-state index contributed by atoms with van der Waals surface area (Å²) in [5, 5.41) is 4.46. The van der Waals surface area contributed by atoms with E-state index in [1.54, 1.807) is 7.11 Å². The minimum atomic E-state index is 0.740. The van der Waals surface area contributed by atoms with E-state index < -0.39 is 0 Å². The van der Waals surface area contributed by atoms with Crippen LogP contribution in [0.3, 0.4) is 0 Å². The molecule has 0 atom stereocenters. The quantitative estimate of drug-likeness (QED) is 0.673. The fourth-order valence-electron chi connectivity index (χ4n) is 2.64. The maximum Gasteiger partial charge on any atom is 0.162 e. The highest BCUT2D eigenvalue weighted by Crippen LogP contribution is 2.22. The molecule has 0 aliphatic rings. The van der Waals surface area contributed by atoms with Gasteiger partial charge in [-0.15, -0.1) is 0 Å². The summed E-state index contributed by atoms with van der Waals surface area (Å²) in [4.78, 5) is 6.96. The summed E-state index contributed by atoms with van der Waals surface area (Å²) in [5.41, 5.74) is 4.24. The van der Waals surface area contributed by atoms with E-state index >= 15 is 0 Å². The smallest absolute Gasteiger partial charge is 0.162 e. The number of likely N-dealkylation sites (N-methyl/N-ethyl adjacent to an activating group) is 1. The molecule has 0 fully saturated rings. The van der Waals surface area contributed by atoms with Crippen LogP contribution in [0.5, 0.6) is 0 Å². The molecule has 0 saturated carbocycles. The van der Waals surface area contributed by atoms with Crippen molar-refractivity contribution in [2.75, 3.05) is 26.8 Å². The average molecular weight is 310 g/mol. The zero-order valence-electron chi connectivity index (χ0n) is 13.6. The van der Waals surface area contributed by atoms with Crippen molar-refractivity contribution in [3.63, 3.8) is 0 Å². The molecule has 0 radical (unpaired) electrons. The molecule has 0 aliphatic heterocycles. The Morgan fingerprint density at radius 2 is 2.00 bits per heavy atom. The fourth-order valence-corrected chi connectivity index (χ4v) is 2.64. The molecule has 0 amide bonds. The standard InChI is InChI=1S/C18H22N4O/c1-3-21(9-10-23-2)13-15-11-19-18-17(12-20-22(18)14-15)16-7-5-4-6-8-16/h4-8,11-12,14H,3,9-10,13H2,1-2H3. The molecule has 0 unspecified atom stereocenters. The first-order valence-electron chi connectivity index (χ1n) is 7.90. The highest BCUT2D eigenvalue weighted by Gasteiger charge is 2.10. The maximum absolute atomic E-state index is 5.16. The first-order valence-corrected chi connectivity index (χ1v) is 7.90. The Kier molecular flexibility index (Phi) is 5.00. The van der Waals surface area contributed by atoms with Gasteiger partial charge in [0.05, 0.1) is 12.8 Å². The minimum Gasteiger partial charge on any atom is -0.383 e. The number of rotatable bonds is 7. The first-order chi connectivity index (χ1) is 11.3. The van der Waals surface area contributed by atoms with Crippen molar-refractivity contribution in [3.8, 4) is 11.1 Å². The summed E-state index contributed by atoms with van der Waals surface area (Å²) in [6, 6.07) is 10.2. The van der Waals surface area contributed by atoms with Crippen molar-refractivity contribution in [1.82, 2.24) is 19.5 Å². The lowest BCUT2D eigenvalue weighted by Gasteiger charge is -2.19. The Labute approximate surface area is 136 Å². The van der Waals surface area contributed by atoms with Crippen LogP contribution in [0.2, 0.25) is 0 Å². The SMILES string of the molecule is CCN(CCOC)Cc1cnc2c(-c3ccccc3)cnn2c1. The maximum atomic E-state index is 5.16. The molecule has 3 aromatic rings. The van der Waals surface area contributed by atoms with E-state index in [4.69, 9.17) is 4.74 Å². The second-order valence-corrected chi connectivity index (χ2v) is 5.52. The van der Waals surface area contributed by atoms with Crippen molar-refractivity contribution >= 4 is 5.65 Å². The van der Waals surface area contributed by atoms with E-state index in [0.717, 1.165) is 48.6 Å². The molecule has 0 aliphatic carbocycles. The van der Waals surface area contributed by atoms with Crippen molar-refractivity contribution in [2.24, 2.45) is 0 Å². The number of ether oxygens (including phenoxy) is 1. The largest absolute Gasteiger partial charge is 0.383 e. The van der Waals surface area contributed by atoms with E-state index in [1.165, 1.54) is 0 Å². The fraction of sp³-hybridized carbons (Fsp3) is 0.333. The lowest BCUT2D eigenvalue weighted by molar-refractivity contribution is 0.147. The minimum absolute atomic E-state index is 0.740. The van der Waals surface area contributed by atoms with Crippen molar-refractivity contribution in [1.29, 1.82) is 0 Å². The van der Waals surface area contributed by atoms with Gasteiger partial charge in [-0.2, -0.15) is 5.10 Å². The monoisotopic (exact) mass is 310 g/mol. The number of fused-ring (bicyclic) bond motifs is 1. The molecule has 0 N–H and O–H groups in total. The van der Waals surface area contributed by atoms with Crippen molar-refractivity contribution in [2.45, 2.75) is 13.5 Å². The van der Waals surface area contributed by atoms with Gasteiger partial charge in [-0.3, -0.25) is 4.90 Å².